The first kappa shape index (κ1) is 29.5. The maximum Gasteiger partial charge on any atom is 0.137 e. The second-order valence-corrected chi connectivity index (χ2v) is 14.0. The van der Waals surface area contributed by atoms with Gasteiger partial charge < -0.3 is 9.32 Å². The number of fused-ring (bicyclic) bond motifs is 8. The molecular formula is C48H34N2O. The first-order valence-electron chi connectivity index (χ1n) is 17.5. The maximum atomic E-state index is 6.46. The predicted octanol–water partition coefficient (Wildman–Crippen LogP) is 13.2. The van der Waals surface area contributed by atoms with E-state index in [0.717, 1.165) is 50.3 Å². The van der Waals surface area contributed by atoms with Crippen LogP contribution in [-0.2, 0) is 5.41 Å². The van der Waals surface area contributed by atoms with Gasteiger partial charge >= 0.3 is 0 Å². The highest BCUT2D eigenvalue weighted by atomic mass is 16.3. The fraction of sp³-hybridized carbons (Fsp3) is 0.0625. The summed E-state index contributed by atoms with van der Waals surface area (Å²) in [4.78, 5) is 7.14. The molecule has 1 aliphatic rings. The van der Waals surface area contributed by atoms with E-state index in [9.17, 15) is 0 Å². The molecule has 0 atom stereocenters. The van der Waals surface area contributed by atoms with Crippen molar-refractivity contribution in [3.05, 3.63) is 181 Å². The van der Waals surface area contributed by atoms with Gasteiger partial charge in [0.15, 0.2) is 0 Å². The Morgan fingerprint density at radius 2 is 1.24 bits per heavy atom. The topological polar surface area (TPSA) is 29.3 Å². The minimum atomic E-state index is -0.250. The lowest BCUT2D eigenvalue weighted by Gasteiger charge is -2.30. The molecule has 0 saturated carbocycles. The van der Waals surface area contributed by atoms with Crippen molar-refractivity contribution >= 4 is 49.8 Å². The lowest BCUT2D eigenvalue weighted by Crippen LogP contribution is -2.17. The van der Waals surface area contributed by atoms with Crippen LogP contribution < -0.4 is 4.90 Å². The highest BCUT2D eigenvalue weighted by Gasteiger charge is 2.38. The van der Waals surface area contributed by atoms with Crippen LogP contribution in [0.4, 0.5) is 17.1 Å². The zero-order chi connectivity index (χ0) is 34.1. The molecule has 0 amide bonds. The van der Waals surface area contributed by atoms with E-state index in [2.05, 4.69) is 175 Å². The van der Waals surface area contributed by atoms with Gasteiger partial charge in [-0.2, -0.15) is 0 Å². The standard InChI is InChI=1S/C48H34N2O/c1-48(2)39-29-33(41-21-10-11-27-49-41)25-26-37(39)46-36-19-7-6-18-35(36)43(30-40(46)48)50(34-17-12-16-32(28-34)31-14-4-3-5-15-31)42-22-13-24-45-47(42)38-20-8-9-23-44(38)51-45/h3-30H,1-2H3. The molecule has 51 heavy (non-hydrogen) atoms. The summed E-state index contributed by atoms with van der Waals surface area (Å²) in [6.07, 6.45) is 1.87. The lowest BCUT2D eigenvalue weighted by atomic mass is 9.81. The highest BCUT2D eigenvalue weighted by molar-refractivity contribution is 6.16. The quantitative estimate of drug-likeness (QED) is 0.185. The SMILES string of the molecule is CC1(C)c2cc(-c3ccccn3)ccc2-c2c1cc(N(c1cccc(-c3ccccc3)c1)c1cccc3oc4ccccc4c13)c1ccccc21. The molecule has 3 heteroatoms. The van der Waals surface area contributed by atoms with Crippen molar-refractivity contribution in [1.29, 1.82) is 0 Å². The molecule has 2 aromatic heterocycles. The number of aromatic nitrogens is 1. The second-order valence-electron chi connectivity index (χ2n) is 14.0. The molecule has 0 spiro atoms. The Balaban J connectivity index is 1.27. The van der Waals surface area contributed by atoms with E-state index in [4.69, 9.17) is 4.42 Å². The molecule has 0 aliphatic heterocycles. The zero-order valence-corrected chi connectivity index (χ0v) is 28.5. The van der Waals surface area contributed by atoms with Crippen LogP contribution in [0.2, 0.25) is 0 Å². The van der Waals surface area contributed by atoms with E-state index in [1.165, 1.54) is 44.2 Å². The average molecular weight is 655 g/mol. The summed E-state index contributed by atoms with van der Waals surface area (Å²) in [5.74, 6) is 0. The lowest BCUT2D eigenvalue weighted by molar-refractivity contribution is 0.661. The zero-order valence-electron chi connectivity index (χ0n) is 28.5. The Labute approximate surface area is 297 Å². The van der Waals surface area contributed by atoms with Crippen LogP contribution in [0.3, 0.4) is 0 Å². The normalized spacial score (nSPS) is 13.1. The third kappa shape index (κ3) is 4.55. The molecule has 9 aromatic rings. The van der Waals surface area contributed by atoms with Gasteiger partial charge in [-0.05, 0) is 93.4 Å². The molecule has 0 unspecified atom stereocenters. The Morgan fingerprint density at radius 1 is 0.510 bits per heavy atom. The molecule has 0 fully saturated rings. The number of para-hydroxylation sites is 1. The number of hydrogen-bond donors (Lipinski definition) is 0. The number of hydrogen-bond acceptors (Lipinski definition) is 3. The van der Waals surface area contributed by atoms with Crippen LogP contribution in [-0.4, -0.2) is 4.98 Å². The van der Waals surface area contributed by atoms with Crippen LogP contribution in [0.5, 0.6) is 0 Å². The van der Waals surface area contributed by atoms with Crippen molar-refractivity contribution in [3.63, 3.8) is 0 Å². The molecule has 0 saturated heterocycles. The second kappa shape index (κ2) is 11.3. The third-order valence-corrected chi connectivity index (χ3v) is 10.7. The van der Waals surface area contributed by atoms with Crippen molar-refractivity contribution in [2.75, 3.05) is 4.90 Å². The molecule has 0 bridgehead atoms. The minimum Gasteiger partial charge on any atom is -0.456 e. The van der Waals surface area contributed by atoms with Crippen LogP contribution in [0.1, 0.15) is 25.0 Å². The van der Waals surface area contributed by atoms with Crippen LogP contribution in [0, 0.1) is 0 Å². The third-order valence-electron chi connectivity index (χ3n) is 10.7. The summed E-state index contributed by atoms with van der Waals surface area (Å²) in [5, 5.41) is 4.65. The molecule has 3 nitrogen and oxygen atoms in total. The van der Waals surface area contributed by atoms with Crippen molar-refractivity contribution in [1.82, 2.24) is 4.98 Å². The van der Waals surface area contributed by atoms with E-state index in [-0.39, 0.29) is 5.41 Å². The van der Waals surface area contributed by atoms with Gasteiger partial charge in [0.05, 0.1) is 22.5 Å². The number of pyridine rings is 1. The van der Waals surface area contributed by atoms with Crippen molar-refractivity contribution in [2.24, 2.45) is 0 Å². The molecule has 7 aromatic carbocycles. The van der Waals surface area contributed by atoms with Gasteiger partial charge in [0.1, 0.15) is 11.2 Å². The molecule has 1 aliphatic carbocycles. The summed E-state index contributed by atoms with van der Waals surface area (Å²) in [6.45, 7) is 4.73. The summed E-state index contributed by atoms with van der Waals surface area (Å²) < 4.78 is 6.46. The first-order chi connectivity index (χ1) is 25.1. The van der Waals surface area contributed by atoms with Gasteiger partial charge in [-0.3, -0.25) is 4.98 Å². The van der Waals surface area contributed by atoms with Gasteiger partial charge in [0, 0.05) is 33.6 Å². The fourth-order valence-electron chi connectivity index (χ4n) is 8.25. The predicted molar refractivity (Wildman–Crippen MR) is 212 cm³/mol. The smallest absolute Gasteiger partial charge is 0.137 e. The van der Waals surface area contributed by atoms with E-state index in [1.54, 1.807) is 0 Å². The summed E-state index contributed by atoms with van der Waals surface area (Å²) in [6, 6.07) is 58.7. The number of rotatable bonds is 5. The molecule has 0 radical (unpaired) electrons. The number of anilines is 3. The molecule has 10 rings (SSSR count). The van der Waals surface area contributed by atoms with Gasteiger partial charge in [0.2, 0.25) is 0 Å². The Hall–Kier alpha value is -6.45. The van der Waals surface area contributed by atoms with Gasteiger partial charge in [0.25, 0.3) is 0 Å². The Kier molecular flexibility index (Phi) is 6.53. The summed E-state index contributed by atoms with van der Waals surface area (Å²) in [5.41, 5.74) is 14.5. The van der Waals surface area contributed by atoms with Crippen molar-refractivity contribution < 1.29 is 4.42 Å². The van der Waals surface area contributed by atoms with E-state index in [1.807, 2.05) is 18.3 Å². The first-order valence-corrected chi connectivity index (χ1v) is 17.5. The maximum absolute atomic E-state index is 6.46. The van der Waals surface area contributed by atoms with Gasteiger partial charge in [-0.1, -0.05) is 123 Å². The van der Waals surface area contributed by atoms with Crippen molar-refractivity contribution in [2.45, 2.75) is 19.3 Å². The van der Waals surface area contributed by atoms with Crippen molar-refractivity contribution in [3.8, 4) is 33.5 Å². The number of furan rings is 1. The Bertz CT molecular complexity index is 2780. The molecular weight excluding hydrogens is 621 g/mol. The van der Waals surface area contributed by atoms with Gasteiger partial charge in [-0.25, -0.2) is 0 Å². The summed E-state index contributed by atoms with van der Waals surface area (Å²) in [7, 11) is 0. The van der Waals surface area contributed by atoms with E-state index < -0.39 is 0 Å². The molecule has 2 heterocycles. The van der Waals surface area contributed by atoms with E-state index >= 15 is 0 Å². The monoisotopic (exact) mass is 654 g/mol. The van der Waals surface area contributed by atoms with Crippen LogP contribution in [0.25, 0.3) is 66.2 Å². The number of benzene rings is 7. The highest BCUT2D eigenvalue weighted by Crippen LogP contribution is 2.55. The minimum absolute atomic E-state index is 0.250. The summed E-state index contributed by atoms with van der Waals surface area (Å²) >= 11 is 0. The fourth-order valence-corrected chi connectivity index (χ4v) is 8.25. The van der Waals surface area contributed by atoms with E-state index in [0.29, 0.717) is 0 Å². The largest absolute Gasteiger partial charge is 0.456 e. The van der Waals surface area contributed by atoms with Crippen LogP contribution in [0.15, 0.2) is 174 Å². The van der Waals surface area contributed by atoms with Crippen LogP contribution >= 0.6 is 0 Å². The molecule has 242 valence electrons. The molecule has 0 N–H and O–H groups in total. The number of nitrogens with zero attached hydrogens (tertiary/aromatic N) is 2. The Morgan fingerprint density at radius 3 is 2.08 bits per heavy atom. The van der Waals surface area contributed by atoms with Gasteiger partial charge in [-0.15, -0.1) is 0 Å². The average Bonchev–Trinajstić information content (AvgIpc) is 3.68.